The Hall–Kier alpha value is -2.07. The van der Waals surface area contributed by atoms with E-state index in [1.165, 1.54) is 0 Å². The Balaban J connectivity index is 2.26. The number of aromatic nitrogens is 1. The summed E-state index contributed by atoms with van der Waals surface area (Å²) < 4.78 is 1.85. The third-order valence-electron chi connectivity index (χ3n) is 2.92. The fraction of sp³-hybridized carbons (Fsp3) is 0.0714. The highest BCUT2D eigenvalue weighted by molar-refractivity contribution is 7.08. The summed E-state index contributed by atoms with van der Waals surface area (Å²) in [6, 6.07) is 11.9. The number of thiophene rings is 1. The maximum Gasteiger partial charge on any atom is 0.323 e. The highest BCUT2D eigenvalue weighted by Gasteiger charge is 2.12. The number of benzene rings is 1. The quantitative estimate of drug-likeness (QED) is 0.780. The molecular weight excluding hydrogens is 246 g/mol. The van der Waals surface area contributed by atoms with Gasteiger partial charge in [-0.1, -0.05) is 18.2 Å². The van der Waals surface area contributed by atoms with Gasteiger partial charge in [0.05, 0.1) is 5.69 Å². The SMILES string of the molecule is O=C(O)Cn1c(-c2ccsc2)cc2ccccc21. The Morgan fingerprint density at radius 1 is 1.28 bits per heavy atom. The lowest BCUT2D eigenvalue weighted by atomic mass is 10.2. The standard InChI is InChI=1S/C14H11NO2S/c16-14(17)8-15-12-4-2-1-3-10(12)7-13(15)11-5-6-18-9-11/h1-7,9H,8H2,(H,16,17). The van der Waals surface area contributed by atoms with Crippen molar-refractivity contribution in [3.63, 3.8) is 0 Å². The minimum atomic E-state index is -0.826. The molecule has 0 atom stereocenters. The first-order chi connectivity index (χ1) is 8.75. The van der Waals surface area contributed by atoms with Crippen LogP contribution in [0.25, 0.3) is 22.2 Å². The molecule has 0 amide bonds. The lowest BCUT2D eigenvalue weighted by Gasteiger charge is -2.06. The van der Waals surface area contributed by atoms with Crippen molar-refractivity contribution in [2.45, 2.75) is 6.54 Å². The topological polar surface area (TPSA) is 42.2 Å². The molecule has 0 aliphatic rings. The molecule has 3 nitrogen and oxygen atoms in total. The van der Waals surface area contributed by atoms with Gasteiger partial charge in [-0.25, -0.2) is 0 Å². The zero-order chi connectivity index (χ0) is 12.5. The van der Waals surface area contributed by atoms with E-state index in [-0.39, 0.29) is 6.54 Å². The second-order valence-corrected chi connectivity index (χ2v) is 4.86. The average molecular weight is 257 g/mol. The van der Waals surface area contributed by atoms with E-state index >= 15 is 0 Å². The zero-order valence-electron chi connectivity index (χ0n) is 9.54. The van der Waals surface area contributed by atoms with Crippen molar-refractivity contribution in [3.05, 3.63) is 47.2 Å². The van der Waals surface area contributed by atoms with Crippen LogP contribution >= 0.6 is 11.3 Å². The van der Waals surface area contributed by atoms with Gasteiger partial charge in [0.25, 0.3) is 0 Å². The molecule has 0 fully saturated rings. The van der Waals surface area contributed by atoms with Crippen LogP contribution in [-0.2, 0) is 11.3 Å². The molecule has 1 N–H and O–H groups in total. The van der Waals surface area contributed by atoms with Gasteiger partial charge < -0.3 is 9.67 Å². The van der Waals surface area contributed by atoms with E-state index in [0.29, 0.717) is 0 Å². The van der Waals surface area contributed by atoms with Crippen LogP contribution in [0.5, 0.6) is 0 Å². The van der Waals surface area contributed by atoms with Gasteiger partial charge in [-0.15, -0.1) is 0 Å². The van der Waals surface area contributed by atoms with Crippen molar-refractivity contribution in [2.75, 3.05) is 0 Å². The Morgan fingerprint density at radius 2 is 2.11 bits per heavy atom. The number of fused-ring (bicyclic) bond motifs is 1. The van der Waals surface area contributed by atoms with Gasteiger partial charge in [0, 0.05) is 21.8 Å². The number of hydrogen-bond acceptors (Lipinski definition) is 2. The van der Waals surface area contributed by atoms with Crippen LogP contribution in [-0.4, -0.2) is 15.6 Å². The van der Waals surface area contributed by atoms with Gasteiger partial charge in [-0.3, -0.25) is 4.79 Å². The summed E-state index contributed by atoms with van der Waals surface area (Å²) in [7, 11) is 0. The van der Waals surface area contributed by atoms with Crippen molar-refractivity contribution in [3.8, 4) is 11.3 Å². The van der Waals surface area contributed by atoms with Crippen molar-refractivity contribution < 1.29 is 9.90 Å². The van der Waals surface area contributed by atoms with E-state index < -0.39 is 5.97 Å². The smallest absolute Gasteiger partial charge is 0.323 e. The van der Waals surface area contributed by atoms with Crippen molar-refractivity contribution >= 4 is 28.2 Å². The van der Waals surface area contributed by atoms with E-state index in [2.05, 4.69) is 0 Å². The predicted molar refractivity (Wildman–Crippen MR) is 72.9 cm³/mol. The number of hydrogen-bond donors (Lipinski definition) is 1. The highest BCUT2D eigenvalue weighted by Crippen LogP contribution is 2.29. The molecule has 4 heteroatoms. The molecular formula is C14H11NO2S. The number of carboxylic acid groups (broad SMARTS) is 1. The molecule has 3 rings (SSSR count). The first-order valence-corrected chi connectivity index (χ1v) is 6.52. The summed E-state index contributed by atoms with van der Waals surface area (Å²) in [5.74, 6) is -0.826. The number of aliphatic carboxylic acids is 1. The van der Waals surface area contributed by atoms with Gasteiger partial charge in [-0.2, -0.15) is 11.3 Å². The molecule has 90 valence electrons. The van der Waals surface area contributed by atoms with Gasteiger partial charge in [0.2, 0.25) is 0 Å². The van der Waals surface area contributed by atoms with Crippen LogP contribution in [0.15, 0.2) is 47.2 Å². The number of rotatable bonds is 3. The lowest BCUT2D eigenvalue weighted by molar-refractivity contribution is -0.137. The minimum absolute atomic E-state index is 0.0152. The van der Waals surface area contributed by atoms with Crippen LogP contribution in [0.4, 0.5) is 0 Å². The Bertz CT molecular complexity index is 698. The van der Waals surface area contributed by atoms with E-state index in [0.717, 1.165) is 22.2 Å². The molecule has 1 aromatic carbocycles. The third-order valence-corrected chi connectivity index (χ3v) is 3.60. The Morgan fingerprint density at radius 3 is 2.83 bits per heavy atom. The maximum atomic E-state index is 11.0. The largest absolute Gasteiger partial charge is 0.480 e. The summed E-state index contributed by atoms with van der Waals surface area (Å²) >= 11 is 1.61. The summed E-state index contributed by atoms with van der Waals surface area (Å²) in [6.07, 6.45) is 0. The molecule has 3 aromatic rings. The van der Waals surface area contributed by atoms with Crippen LogP contribution in [0, 0.1) is 0 Å². The first-order valence-electron chi connectivity index (χ1n) is 5.58. The lowest BCUT2D eigenvalue weighted by Crippen LogP contribution is -2.09. The molecule has 0 saturated carbocycles. The fourth-order valence-electron chi connectivity index (χ4n) is 2.17. The molecule has 0 spiro atoms. The molecule has 0 saturated heterocycles. The third kappa shape index (κ3) is 1.80. The van der Waals surface area contributed by atoms with Crippen molar-refractivity contribution in [2.24, 2.45) is 0 Å². The first kappa shape index (κ1) is 11.0. The molecule has 0 unspecified atom stereocenters. The van der Waals surface area contributed by atoms with E-state index in [1.807, 2.05) is 51.7 Å². The van der Waals surface area contributed by atoms with Gasteiger partial charge >= 0.3 is 5.97 Å². The number of carboxylic acids is 1. The number of para-hydroxylation sites is 1. The van der Waals surface area contributed by atoms with Gasteiger partial charge in [0.1, 0.15) is 6.54 Å². The van der Waals surface area contributed by atoms with E-state index in [4.69, 9.17) is 5.11 Å². The monoisotopic (exact) mass is 257 g/mol. The van der Waals surface area contributed by atoms with Crippen LogP contribution in [0.2, 0.25) is 0 Å². The summed E-state index contributed by atoms with van der Waals surface area (Å²) in [5.41, 5.74) is 2.98. The molecule has 2 heterocycles. The van der Waals surface area contributed by atoms with E-state index in [1.54, 1.807) is 11.3 Å². The second kappa shape index (κ2) is 4.31. The highest BCUT2D eigenvalue weighted by atomic mass is 32.1. The zero-order valence-corrected chi connectivity index (χ0v) is 10.4. The van der Waals surface area contributed by atoms with E-state index in [9.17, 15) is 4.79 Å². The Kier molecular flexibility index (Phi) is 2.64. The minimum Gasteiger partial charge on any atom is -0.480 e. The van der Waals surface area contributed by atoms with Crippen LogP contribution < -0.4 is 0 Å². The summed E-state index contributed by atoms with van der Waals surface area (Å²) in [4.78, 5) is 11.0. The molecule has 18 heavy (non-hydrogen) atoms. The summed E-state index contributed by atoms with van der Waals surface area (Å²) in [5, 5.41) is 14.2. The number of carbonyl (C=O) groups is 1. The average Bonchev–Trinajstić information content (AvgIpc) is 2.96. The molecule has 0 aliphatic heterocycles. The van der Waals surface area contributed by atoms with Crippen LogP contribution in [0.1, 0.15) is 0 Å². The number of nitrogens with zero attached hydrogens (tertiary/aromatic N) is 1. The van der Waals surface area contributed by atoms with Gasteiger partial charge in [0.15, 0.2) is 0 Å². The predicted octanol–water partition coefficient (Wildman–Crippen LogP) is 3.45. The normalized spacial score (nSPS) is 10.9. The van der Waals surface area contributed by atoms with Gasteiger partial charge in [-0.05, 0) is 23.6 Å². The van der Waals surface area contributed by atoms with Crippen molar-refractivity contribution in [1.82, 2.24) is 4.57 Å². The fourth-order valence-corrected chi connectivity index (χ4v) is 2.82. The maximum absolute atomic E-state index is 11.0. The van der Waals surface area contributed by atoms with Crippen LogP contribution in [0.3, 0.4) is 0 Å². The molecule has 2 aromatic heterocycles. The summed E-state index contributed by atoms with van der Waals surface area (Å²) in [6.45, 7) is -0.0152. The molecule has 0 aliphatic carbocycles. The Labute approximate surface area is 108 Å². The van der Waals surface area contributed by atoms with Crippen molar-refractivity contribution in [1.29, 1.82) is 0 Å². The molecule has 0 radical (unpaired) electrons. The molecule has 0 bridgehead atoms. The second-order valence-electron chi connectivity index (χ2n) is 4.08.